The fraction of sp³-hybridized carbons (Fsp3) is 0.538. The van der Waals surface area contributed by atoms with E-state index in [9.17, 15) is 10.1 Å². The molecule has 0 aromatic carbocycles. The van der Waals surface area contributed by atoms with E-state index in [0.29, 0.717) is 24.3 Å². The number of nitriles is 1. The third kappa shape index (κ3) is 2.65. The normalized spacial score (nSPS) is 19.2. The van der Waals surface area contributed by atoms with Crippen LogP contribution in [0.4, 0.5) is 5.82 Å². The van der Waals surface area contributed by atoms with Crippen molar-refractivity contribution in [1.29, 1.82) is 5.26 Å². The molecule has 1 amide bonds. The zero-order valence-corrected chi connectivity index (χ0v) is 11.4. The van der Waals surface area contributed by atoms with Crippen molar-refractivity contribution in [3.8, 4) is 6.07 Å². The molecule has 100 valence electrons. The van der Waals surface area contributed by atoms with Crippen molar-refractivity contribution in [2.24, 2.45) is 0 Å². The second-order valence-electron chi connectivity index (χ2n) is 4.90. The Bertz CT molecular complexity index is 549. The smallest absolute Gasteiger partial charge is 0.222 e. The number of aromatic nitrogens is 2. The van der Waals surface area contributed by atoms with Crippen molar-refractivity contribution in [3.05, 3.63) is 16.8 Å². The highest BCUT2D eigenvalue weighted by molar-refractivity contribution is 5.77. The highest BCUT2D eigenvalue weighted by Gasteiger charge is 2.24. The Hall–Kier alpha value is -2.16. The van der Waals surface area contributed by atoms with E-state index >= 15 is 0 Å². The number of likely N-dealkylation sites (N-methyl/N-ethyl adjacent to an activating group) is 1. The quantitative estimate of drug-likeness (QED) is 0.856. The number of anilines is 1. The summed E-state index contributed by atoms with van der Waals surface area (Å²) in [5, 5.41) is 20.6. The van der Waals surface area contributed by atoms with Gasteiger partial charge in [0.15, 0.2) is 5.82 Å². The second kappa shape index (κ2) is 5.22. The van der Waals surface area contributed by atoms with Crippen LogP contribution >= 0.6 is 0 Å². The number of likely N-dealkylation sites (tertiary alicyclic amines) is 1. The SMILES string of the molecule is Cc1nnc(NC2CCC(=O)N(C)C2)c(C#N)c1C. The molecule has 2 heterocycles. The lowest BCUT2D eigenvalue weighted by Gasteiger charge is -2.30. The van der Waals surface area contributed by atoms with E-state index in [-0.39, 0.29) is 11.9 Å². The number of aryl methyl sites for hydroxylation is 1. The molecule has 1 aliphatic rings. The van der Waals surface area contributed by atoms with Crippen LogP contribution < -0.4 is 5.32 Å². The molecule has 1 aliphatic heterocycles. The first kappa shape index (κ1) is 13.3. The molecule has 1 aromatic heterocycles. The van der Waals surface area contributed by atoms with Crippen molar-refractivity contribution in [1.82, 2.24) is 15.1 Å². The van der Waals surface area contributed by atoms with Crippen LogP contribution in [0.3, 0.4) is 0 Å². The van der Waals surface area contributed by atoms with Gasteiger partial charge in [0.05, 0.1) is 5.69 Å². The van der Waals surface area contributed by atoms with Crippen LogP contribution in [0.15, 0.2) is 0 Å². The summed E-state index contributed by atoms with van der Waals surface area (Å²) >= 11 is 0. The predicted octanol–water partition coefficient (Wildman–Crippen LogP) is 0.998. The van der Waals surface area contributed by atoms with Gasteiger partial charge in [0.25, 0.3) is 0 Å². The average molecular weight is 259 g/mol. The van der Waals surface area contributed by atoms with E-state index in [1.165, 1.54) is 0 Å². The number of nitrogens with zero attached hydrogens (tertiary/aromatic N) is 4. The number of rotatable bonds is 2. The molecule has 19 heavy (non-hydrogen) atoms. The zero-order valence-electron chi connectivity index (χ0n) is 11.4. The number of hydrogen-bond acceptors (Lipinski definition) is 5. The summed E-state index contributed by atoms with van der Waals surface area (Å²) in [5.74, 6) is 0.670. The molecule has 0 bridgehead atoms. The molecule has 0 saturated carbocycles. The van der Waals surface area contributed by atoms with Gasteiger partial charge in [-0.25, -0.2) is 0 Å². The molecule has 6 nitrogen and oxygen atoms in total. The topological polar surface area (TPSA) is 81.9 Å². The fourth-order valence-electron chi connectivity index (χ4n) is 2.17. The highest BCUT2D eigenvalue weighted by atomic mass is 16.2. The monoisotopic (exact) mass is 259 g/mol. The maximum Gasteiger partial charge on any atom is 0.222 e. The van der Waals surface area contributed by atoms with Crippen molar-refractivity contribution in [2.75, 3.05) is 18.9 Å². The number of piperidine rings is 1. The summed E-state index contributed by atoms with van der Waals surface area (Å²) in [5.41, 5.74) is 2.14. The highest BCUT2D eigenvalue weighted by Crippen LogP contribution is 2.20. The van der Waals surface area contributed by atoms with Crippen LogP contribution in [0, 0.1) is 25.2 Å². The minimum Gasteiger partial charge on any atom is -0.363 e. The Labute approximate surface area is 112 Å². The fourth-order valence-corrected chi connectivity index (χ4v) is 2.17. The standard InChI is InChI=1S/C13H17N5O/c1-8-9(2)16-17-13(11(8)6-14)15-10-4-5-12(19)18(3)7-10/h10H,4-5,7H2,1-3H3,(H,15,17). The van der Waals surface area contributed by atoms with Gasteiger partial charge < -0.3 is 10.2 Å². The van der Waals surface area contributed by atoms with Crippen LogP contribution in [0.25, 0.3) is 0 Å². The average Bonchev–Trinajstić information content (AvgIpc) is 2.39. The van der Waals surface area contributed by atoms with Crippen LogP contribution in [-0.4, -0.2) is 40.6 Å². The molecule has 0 aliphatic carbocycles. The van der Waals surface area contributed by atoms with Gasteiger partial charge in [0.1, 0.15) is 11.6 Å². The first-order chi connectivity index (χ1) is 9.02. The second-order valence-corrected chi connectivity index (χ2v) is 4.90. The van der Waals surface area contributed by atoms with E-state index in [1.807, 2.05) is 13.8 Å². The molecule has 1 unspecified atom stereocenters. The maximum atomic E-state index is 11.4. The lowest BCUT2D eigenvalue weighted by Crippen LogP contribution is -2.43. The van der Waals surface area contributed by atoms with E-state index < -0.39 is 0 Å². The van der Waals surface area contributed by atoms with Gasteiger partial charge in [-0.3, -0.25) is 4.79 Å². The molecule has 2 rings (SSSR count). The summed E-state index contributed by atoms with van der Waals surface area (Å²) in [6.07, 6.45) is 1.27. The number of nitrogens with one attached hydrogen (secondary N) is 1. The Kier molecular flexibility index (Phi) is 3.65. The predicted molar refractivity (Wildman–Crippen MR) is 70.5 cm³/mol. The summed E-state index contributed by atoms with van der Waals surface area (Å²) < 4.78 is 0. The van der Waals surface area contributed by atoms with E-state index in [0.717, 1.165) is 17.7 Å². The van der Waals surface area contributed by atoms with Gasteiger partial charge in [-0.15, -0.1) is 5.10 Å². The van der Waals surface area contributed by atoms with Crippen molar-refractivity contribution in [3.63, 3.8) is 0 Å². The summed E-state index contributed by atoms with van der Waals surface area (Å²) in [6, 6.07) is 2.29. The van der Waals surface area contributed by atoms with Gasteiger partial charge in [-0.2, -0.15) is 10.4 Å². The van der Waals surface area contributed by atoms with Crippen LogP contribution in [0.1, 0.15) is 29.7 Å². The molecule has 6 heteroatoms. The van der Waals surface area contributed by atoms with Crippen LogP contribution in [-0.2, 0) is 4.79 Å². The number of amides is 1. The Morgan fingerprint density at radius 3 is 2.79 bits per heavy atom. The van der Waals surface area contributed by atoms with E-state index in [4.69, 9.17) is 0 Å². The van der Waals surface area contributed by atoms with Gasteiger partial charge in [-0.05, 0) is 25.8 Å². The number of hydrogen-bond donors (Lipinski definition) is 1. The van der Waals surface area contributed by atoms with Gasteiger partial charge in [0.2, 0.25) is 5.91 Å². The first-order valence-corrected chi connectivity index (χ1v) is 6.27. The van der Waals surface area contributed by atoms with Crippen molar-refractivity contribution >= 4 is 11.7 Å². The molecule has 0 radical (unpaired) electrons. The van der Waals surface area contributed by atoms with Crippen LogP contribution in [0.5, 0.6) is 0 Å². The minimum atomic E-state index is 0.117. The largest absolute Gasteiger partial charge is 0.363 e. The third-order valence-electron chi connectivity index (χ3n) is 3.53. The lowest BCUT2D eigenvalue weighted by molar-refractivity contribution is -0.132. The third-order valence-corrected chi connectivity index (χ3v) is 3.53. The van der Waals surface area contributed by atoms with E-state index in [1.54, 1.807) is 11.9 Å². The molecule has 1 N–H and O–H groups in total. The Morgan fingerprint density at radius 1 is 1.42 bits per heavy atom. The van der Waals surface area contributed by atoms with Crippen molar-refractivity contribution in [2.45, 2.75) is 32.7 Å². The molecule has 1 atom stereocenters. The van der Waals surface area contributed by atoms with Gasteiger partial charge in [-0.1, -0.05) is 0 Å². The first-order valence-electron chi connectivity index (χ1n) is 6.27. The molecular weight excluding hydrogens is 242 g/mol. The molecule has 1 saturated heterocycles. The molecule has 0 spiro atoms. The summed E-state index contributed by atoms with van der Waals surface area (Å²) in [4.78, 5) is 13.1. The molecule has 1 aromatic rings. The zero-order chi connectivity index (χ0) is 14.0. The molecular formula is C13H17N5O. The lowest BCUT2D eigenvalue weighted by atomic mass is 10.0. The summed E-state index contributed by atoms with van der Waals surface area (Å²) in [7, 11) is 1.79. The Balaban J connectivity index is 2.18. The van der Waals surface area contributed by atoms with Crippen LogP contribution in [0.2, 0.25) is 0 Å². The van der Waals surface area contributed by atoms with Gasteiger partial charge >= 0.3 is 0 Å². The van der Waals surface area contributed by atoms with Crippen molar-refractivity contribution < 1.29 is 4.79 Å². The maximum absolute atomic E-state index is 11.4. The number of carbonyl (C=O) groups is 1. The van der Waals surface area contributed by atoms with Gasteiger partial charge in [0, 0.05) is 26.1 Å². The summed E-state index contributed by atoms with van der Waals surface area (Å²) in [6.45, 7) is 4.32. The molecule has 1 fully saturated rings. The van der Waals surface area contributed by atoms with E-state index in [2.05, 4.69) is 21.6 Å². The minimum absolute atomic E-state index is 0.117. The number of carbonyl (C=O) groups excluding carboxylic acids is 1. The Morgan fingerprint density at radius 2 is 2.16 bits per heavy atom.